The Hall–Kier alpha value is -4.41. The first-order chi connectivity index (χ1) is 16.4. The van der Waals surface area contributed by atoms with Gasteiger partial charge in [-0.1, -0.05) is 0 Å². The van der Waals surface area contributed by atoms with E-state index >= 15 is 0 Å². The second-order valence-corrected chi connectivity index (χ2v) is 8.34. The molecule has 5 heterocycles. The fraction of sp³-hybridized carbons (Fsp3) is 0.217. The maximum Gasteiger partial charge on any atom is 0.226 e. The fourth-order valence-electron chi connectivity index (χ4n) is 4.85. The molecule has 1 aliphatic rings. The number of hydrogen-bond donors (Lipinski definition) is 2. The Morgan fingerprint density at radius 2 is 1.71 bits per heavy atom. The molecule has 0 aliphatic carbocycles. The summed E-state index contributed by atoms with van der Waals surface area (Å²) in [6, 6.07) is 6.19. The monoisotopic (exact) mass is 457 g/mol. The molecule has 34 heavy (non-hydrogen) atoms. The fourth-order valence-corrected chi connectivity index (χ4v) is 4.85. The van der Waals surface area contributed by atoms with Crippen LogP contribution in [0.25, 0.3) is 22.7 Å². The Morgan fingerprint density at radius 3 is 2.50 bits per heavy atom. The molecule has 5 aromatic rings. The van der Waals surface area contributed by atoms with Crippen molar-refractivity contribution in [1.82, 2.24) is 39.5 Å². The molecule has 1 aromatic carbocycles. The number of amides is 1. The normalized spacial score (nSPS) is 15.5. The van der Waals surface area contributed by atoms with E-state index < -0.39 is 0 Å². The van der Waals surface area contributed by atoms with Gasteiger partial charge in [0.25, 0.3) is 0 Å². The average Bonchev–Trinajstić information content (AvgIpc) is 3.50. The first-order valence-electron chi connectivity index (χ1n) is 10.8. The number of rotatable bonds is 3. The minimum Gasteiger partial charge on any atom is -0.340 e. The molecule has 0 bridgehead atoms. The molecule has 1 amide bonds. The number of aromatic amines is 1. The van der Waals surface area contributed by atoms with E-state index in [0.29, 0.717) is 22.8 Å². The minimum absolute atomic E-state index is 0.123. The highest BCUT2D eigenvalue weighted by molar-refractivity contribution is 5.95. The van der Waals surface area contributed by atoms with Crippen molar-refractivity contribution in [2.45, 2.75) is 33.1 Å². The minimum atomic E-state index is -0.307. The van der Waals surface area contributed by atoms with Crippen molar-refractivity contribution in [3.8, 4) is 11.5 Å². The lowest BCUT2D eigenvalue weighted by atomic mass is 9.84. The van der Waals surface area contributed by atoms with Gasteiger partial charge in [0.15, 0.2) is 11.5 Å². The summed E-state index contributed by atoms with van der Waals surface area (Å²) in [6.45, 7) is 5.80. The smallest absolute Gasteiger partial charge is 0.226 e. The van der Waals surface area contributed by atoms with Crippen LogP contribution >= 0.6 is 0 Å². The third kappa shape index (κ3) is 2.93. The van der Waals surface area contributed by atoms with Gasteiger partial charge in [0.2, 0.25) is 5.91 Å². The zero-order valence-electron chi connectivity index (χ0n) is 18.7. The van der Waals surface area contributed by atoms with Gasteiger partial charge >= 0.3 is 0 Å². The number of halogens is 1. The topological polar surface area (TPSA) is 119 Å². The lowest BCUT2D eigenvalue weighted by Crippen LogP contribution is -2.25. The van der Waals surface area contributed by atoms with Gasteiger partial charge in [-0.05, 0) is 45.0 Å². The molecule has 0 saturated carbocycles. The van der Waals surface area contributed by atoms with Crippen LogP contribution in [0.15, 0.2) is 36.9 Å². The van der Waals surface area contributed by atoms with Crippen LogP contribution in [-0.2, 0) is 4.79 Å². The van der Waals surface area contributed by atoms with E-state index in [0.717, 1.165) is 33.9 Å². The summed E-state index contributed by atoms with van der Waals surface area (Å²) in [6.07, 6.45) is 3.23. The summed E-state index contributed by atoms with van der Waals surface area (Å²) in [5, 5.41) is 12.4. The molecule has 0 fully saturated rings. The van der Waals surface area contributed by atoms with Crippen molar-refractivity contribution in [3.63, 3.8) is 0 Å². The van der Waals surface area contributed by atoms with Gasteiger partial charge in [-0.3, -0.25) is 4.79 Å². The van der Waals surface area contributed by atoms with Crippen molar-refractivity contribution in [2.75, 3.05) is 5.32 Å². The van der Waals surface area contributed by atoms with Crippen LogP contribution in [0.4, 0.5) is 10.2 Å². The molecule has 0 spiro atoms. The van der Waals surface area contributed by atoms with Gasteiger partial charge < -0.3 is 10.3 Å². The first kappa shape index (κ1) is 20.2. The standard InChI is InChI=1S/C23H20FN9O/c1-11-18(13(3)32(30-11)15-6-4-14(24)5-7-15)16-8-17(34)29-22-19(16)12(2)31-33(22)23-20-21(26-9-25-20)27-10-28-23/h4-7,9-10,16H,8H2,1-3H3,(H,29,34)(H,25,26,27,28)/t16-/m1/s1. The molecule has 1 atom stereocenters. The molecular weight excluding hydrogens is 437 g/mol. The van der Waals surface area contributed by atoms with Crippen LogP contribution in [0, 0.1) is 26.6 Å². The third-order valence-corrected chi connectivity index (χ3v) is 6.27. The number of benzene rings is 1. The van der Waals surface area contributed by atoms with Crippen LogP contribution in [0.1, 0.15) is 40.5 Å². The number of imidazole rings is 1. The summed E-state index contributed by atoms with van der Waals surface area (Å²) < 4.78 is 16.9. The van der Waals surface area contributed by atoms with E-state index in [9.17, 15) is 9.18 Å². The van der Waals surface area contributed by atoms with Crippen molar-refractivity contribution >= 4 is 22.9 Å². The van der Waals surface area contributed by atoms with E-state index in [1.807, 2.05) is 20.8 Å². The summed E-state index contributed by atoms with van der Waals surface area (Å²) in [5.41, 5.74) is 6.23. The molecule has 170 valence electrons. The van der Waals surface area contributed by atoms with Gasteiger partial charge in [0.1, 0.15) is 23.5 Å². The predicted octanol–water partition coefficient (Wildman–Crippen LogP) is 3.26. The summed E-state index contributed by atoms with van der Waals surface area (Å²) >= 11 is 0. The molecule has 6 rings (SSSR count). The Kier molecular flexibility index (Phi) is 4.34. The van der Waals surface area contributed by atoms with Crippen molar-refractivity contribution in [1.29, 1.82) is 0 Å². The van der Waals surface area contributed by atoms with E-state index in [2.05, 4.69) is 25.3 Å². The van der Waals surface area contributed by atoms with Gasteiger partial charge in [-0.25, -0.2) is 24.0 Å². The molecule has 10 nitrogen and oxygen atoms in total. The zero-order valence-corrected chi connectivity index (χ0v) is 18.7. The molecule has 11 heteroatoms. The van der Waals surface area contributed by atoms with Gasteiger partial charge in [-0.15, -0.1) is 0 Å². The van der Waals surface area contributed by atoms with Crippen LogP contribution in [0.5, 0.6) is 0 Å². The Bertz CT molecular complexity index is 1580. The Morgan fingerprint density at radius 1 is 0.971 bits per heavy atom. The summed E-state index contributed by atoms with van der Waals surface area (Å²) in [4.78, 5) is 28.7. The first-order valence-corrected chi connectivity index (χ1v) is 10.8. The van der Waals surface area contributed by atoms with Crippen LogP contribution in [-0.4, -0.2) is 45.4 Å². The predicted molar refractivity (Wildman–Crippen MR) is 122 cm³/mol. The molecule has 0 unspecified atom stereocenters. The molecular formula is C23H20FN9O. The van der Waals surface area contributed by atoms with Gasteiger partial charge in [0.05, 0.1) is 23.4 Å². The van der Waals surface area contributed by atoms with Gasteiger partial charge in [-0.2, -0.15) is 14.9 Å². The van der Waals surface area contributed by atoms with E-state index in [1.165, 1.54) is 18.5 Å². The van der Waals surface area contributed by atoms with Crippen LogP contribution in [0.3, 0.4) is 0 Å². The number of aryl methyl sites for hydroxylation is 2. The maximum atomic E-state index is 13.5. The molecule has 4 aromatic heterocycles. The lowest BCUT2D eigenvalue weighted by molar-refractivity contribution is -0.116. The zero-order chi connectivity index (χ0) is 23.6. The quantitative estimate of drug-likeness (QED) is 0.429. The summed E-state index contributed by atoms with van der Waals surface area (Å²) in [7, 11) is 0. The SMILES string of the molecule is Cc1nn(-c2ccc(F)cc2)c(C)c1[C@H]1CC(=O)Nc2c1c(C)nn2-c1ncnc2nc[nH]c12. The highest BCUT2D eigenvalue weighted by atomic mass is 19.1. The molecule has 1 aliphatic heterocycles. The van der Waals surface area contributed by atoms with Crippen LogP contribution in [0.2, 0.25) is 0 Å². The van der Waals surface area contributed by atoms with Crippen molar-refractivity contribution in [3.05, 3.63) is 70.9 Å². The third-order valence-electron chi connectivity index (χ3n) is 6.27. The second-order valence-electron chi connectivity index (χ2n) is 8.34. The van der Waals surface area contributed by atoms with Crippen molar-refractivity contribution < 1.29 is 9.18 Å². The van der Waals surface area contributed by atoms with E-state index in [-0.39, 0.29) is 24.1 Å². The number of carbonyl (C=O) groups is 1. The van der Waals surface area contributed by atoms with Crippen molar-refractivity contribution in [2.24, 2.45) is 0 Å². The van der Waals surface area contributed by atoms with E-state index in [1.54, 1.807) is 27.8 Å². The molecule has 0 saturated heterocycles. The maximum absolute atomic E-state index is 13.5. The number of aromatic nitrogens is 8. The largest absolute Gasteiger partial charge is 0.340 e. The van der Waals surface area contributed by atoms with Crippen LogP contribution < -0.4 is 5.32 Å². The Balaban J connectivity index is 1.53. The Labute approximate surface area is 192 Å². The summed E-state index contributed by atoms with van der Waals surface area (Å²) in [5.74, 6) is 0.399. The van der Waals surface area contributed by atoms with Gasteiger partial charge in [0, 0.05) is 29.2 Å². The van der Waals surface area contributed by atoms with E-state index in [4.69, 9.17) is 10.2 Å². The highest BCUT2D eigenvalue weighted by Crippen LogP contribution is 2.42. The lowest BCUT2D eigenvalue weighted by Gasteiger charge is -2.24. The number of carbonyl (C=O) groups excluding carboxylic acids is 1. The number of anilines is 1. The molecule has 0 radical (unpaired) electrons. The number of nitrogens with one attached hydrogen (secondary N) is 2. The number of hydrogen-bond acceptors (Lipinski definition) is 6. The number of H-pyrrole nitrogens is 1. The molecule has 2 N–H and O–H groups in total. The second kappa shape index (κ2) is 7.30. The average molecular weight is 457 g/mol. The number of fused-ring (bicyclic) bond motifs is 2. The number of nitrogens with zero attached hydrogens (tertiary/aromatic N) is 7. The highest BCUT2D eigenvalue weighted by Gasteiger charge is 2.36.